The van der Waals surface area contributed by atoms with Gasteiger partial charge in [0, 0.05) is 12.1 Å². The fourth-order valence-corrected chi connectivity index (χ4v) is 4.78. The first-order chi connectivity index (χ1) is 18.3. The number of nitrogens with one attached hydrogen (secondary N) is 1. The molecule has 1 aliphatic rings. The Labute approximate surface area is 223 Å². The number of thioether (sulfide) groups is 1. The molecule has 38 heavy (non-hydrogen) atoms. The Morgan fingerprint density at radius 3 is 2.29 bits per heavy atom. The highest BCUT2D eigenvalue weighted by atomic mass is 32.2. The number of esters is 1. The van der Waals surface area contributed by atoms with E-state index in [1.165, 1.54) is 36.0 Å². The Kier molecular flexibility index (Phi) is 8.55. The second kappa shape index (κ2) is 12.2. The van der Waals surface area contributed by atoms with Crippen LogP contribution < -0.4 is 5.32 Å². The predicted octanol–water partition coefficient (Wildman–Crippen LogP) is 4.72. The Hall–Kier alpha value is -4.44. The molecule has 1 aliphatic heterocycles. The second-order valence-electron chi connectivity index (χ2n) is 8.31. The van der Waals surface area contributed by atoms with Crippen LogP contribution in [0.3, 0.4) is 0 Å². The summed E-state index contributed by atoms with van der Waals surface area (Å²) < 4.78 is 5.02. The van der Waals surface area contributed by atoms with E-state index in [0.29, 0.717) is 22.1 Å². The van der Waals surface area contributed by atoms with Crippen molar-refractivity contribution in [3.05, 3.63) is 95.6 Å². The van der Waals surface area contributed by atoms with Gasteiger partial charge in [0.2, 0.25) is 11.8 Å². The molecule has 0 aliphatic carbocycles. The largest absolute Gasteiger partial charge is 0.478 e. The molecule has 0 spiro atoms. The van der Waals surface area contributed by atoms with Gasteiger partial charge in [-0.3, -0.25) is 14.5 Å². The molecule has 4 rings (SSSR count). The van der Waals surface area contributed by atoms with Crippen LogP contribution in [0.25, 0.3) is 0 Å². The van der Waals surface area contributed by atoms with Crippen molar-refractivity contribution in [2.45, 2.75) is 25.1 Å². The maximum Gasteiger partial charge on any atom is 0.338 e. The molecule has 9 nitrogen and oxygen atoms in total. The number of carbonyl (C=O) groups excluding carboxylic acids is 3. The monoisotopic (exact) mass is 531 g/mol. The van der Waals surface area contributed by atoms with Gasteiger partial charge >= 0.3 is 11.9 Å². The summed E-state index contributed by atoms with van der Waals surface area (Å²) in [5.41, 5.74) is 2.33. The summed E-state index contributed by atoms with van der Waals surface area (Å²) in [5, 5.41) is 11.4. The first kappa shape index (κ1) is 26.6. The number of hydrogen-bond acceptors (Lipinski definition) is 7. The molecule has 0 bridgehead atoms. The van der Waals surface area contributed by atoms with Crippen LogP contribution in [0.4, 0.5) is 11.4 Å². The number of nitrogens with zero attached hydrogens (tertiary/aromatic N) is 2. The zero-order valence-corrected chi connectivity index (χ0v) is 21.3. The summed E-state index contributed by atoms with van der Waals surface area (Å²) in [4.78, 5) is 55.5. The first-order valence-corrected chi connectivity index (χ1v) is 12.7. The molecule has 3 aromatic carbocycles. The van der Waals surface area contributed by atoms with E-state index in [1.807, 2.05) is 30.3 Å². The van der Waals surface area contributed by atoms with Crippen LogP contribution >= 0.6 is 11.8 Å². The van der Waals surface area contributed by atoms with E-state index in [1.54, 1.807) is 36.1 Å². The molecule has 2 amide bonds. The number of benzene rings is 3. The molecule has 0 saturated carbocycles. The fraction of sp³-hybridized carbons (Fsp3) is 0.179. The number of hydrogen-bond donors (Lipinski definition) is 2. The van der Waals surface area contributed by atoms with E-state index in [-0.39, 0.29) is 31.0 Å². The van der Waals surface area contributed by atoms with Crippen LogP contribution in [0, 0.1) is 0 Å². The van der Waals surface area contributed by atoms with Crippen molar-refractivity contribution in [1.82, 2.24) is 4.90 Å². The Balaban J connectivity index is 1.57. The van der Waals surface area contributed by atoms with Crippen LogP contribution in [0.1, 0.15) is 39.6 Å². The molecular formula is C28H25N3O6S. The highest BCUT2D eigenvalue weighted by Gasteiger charge is 2.36. The van der Waals surface area contributed by atoms with Crippen molar-refractivity contribution in [1.29, 1.82) is 0 Å². The third-order valence-electron chi connectivity index (χ3n) is 5.62. The minimum absolute atomic E-state index is 0.0304. The Morgan fingerprint density at radius 2 is 1.66 bits per heavy atom. The molecule has 1 unspecified atom stereocenters. The molecule has 194 valence electrons. The molecule has 2 N–H and O–H groups in total. The fourth-order valence-electron chi connectivity index (χ4n) is 3.68. The lowest BCUT2D eigenvalue weighted by Crippen LogP contribution is -2.44. The van der Waals surface area contributed by atoms with Crippen LogP contribution in [-0.2, 0) is 20.9 Å². The van der Waals surface area contributed by atoms with Gasteiger partial charge in [-0.05, 0) is 61.0 Å². The summed E-state index contributed by atoms with van der Waals surface area (Å²) >= 11 is 1.17. The molecule has 1 saturated heterocycles. The van der Waals surface area contributed by atoms with Crippen LogP contribution in [0.5, 0.6) is 0 Å². The zero-order chi connectivity index (χ0) is 27.1. The van der Waals surface area contributed by atoms with Gasteiger partial charge in [0.15, 0.2) is 5.17 Å². The third kappa shape index (κ3) is 6.65. The zero-order valence-electron chi connectivity index (χ0n) is 20.5. The van der Waals surface area contributed by atoms with Crippen LogP contribution in [0.15, 0.2) is 83.9 Å². The molecule has 1 atom stereocenters. The van der Waals surface area contributed by atoms with Gasteiger partial charge in [-0.1, -0.05) is 42.1 Å². The van der Waals surface area contributed by atoms with Crippen LogP contribution in [0.2, 0.25) is 0 Å². The standard InChI is InChI=1S/C28H25N3O6S/c1-2-37-27(36)20-10-14-22(15-11-20)30-28-31(17-18-6-4-3-5-7-18)24(32)16-23(38-28)25(33)29-21-12-8-19(9-13-21)26(34)35/h3-15,23H,2,16-17H2,1H3,(H,29,33)(H,34,35). The average Bonchev–Trinajstić information content (AvgIpc) is 2.92. The predicted molar refractivity (Wildman–Crippen MR) is 145 cm³/mol. The minimum Gasteiger partial charge on any atom is -0.478 e. The van der Waals surface area contributed by atoms with E-state index in [9.17, 15) is 19.2 Å². The van der Waals surface area contributed by atoms with Crippen LogP contribution in [-0.4, -0.2) is 50.8 Å². The molecule has 1 fully saturated rings. The highest BCUT2D eigenvalue weighted by Crippen LogP contribution is 2.31. The lowest BCUT2D eigenvalue weighted by Gasteiger charge is -2.32. The Morgan fingerprint density at radius 1 is 1.00 bits per heavy atom. The number of aromatic carboxylic acids is 1. The summed E-state index contributed by atoms with van der Waals surface area (Å²) in [5.74, 6) is -2.15. The van der Waals surface area contributed by atoms with Gasteiger partial charge in [0.25, 0.3) is 0 Å². The number of aliphatic imine (C=N–C) groups is 1. The van der Waals surface area contributed by atoms with Crippen molar-refractivity contribution in [2.24, 2.45) is 4.99 Å². The summed E-state index contributed by atoms with van der Waals surface area (Å²) in [6.07, 6.45) is -0.0304. The van der Waals surface area contributed by atoms with Crippen molar-refractivity contribution in [3.8, 4) is 0 Å². The van der Waals surface area contributed by atoms with E-state index < -0.39 is 23.1 Å². The molecule has 0 radical (unpaired) electrons. The summed E-state index contributed by atoms with van der Waals surface area (Å²) in [7, 11) is 0. The lowest BCUT2D eigenvalue weighted by molar-refractivity contribution is -0.129. The van der Waals surface area contributed by atoms with Crippen molar-refractivity contribution >= 4 is 52.1 Å². The first-order valence-electron chi connectivity index (χ1n) is 11.8. The molecule has 10 heteroatoms. The summed E-state index contributed by atoms with van der Waals surface area (Å²) in [6, 6.07) is 21.7. The molecule has 1 heterocycles. The van der Waals surface area contributed by atoms with Gasteiger partial charge in [0.05, 0.1) is 30.0 Å². The van der Waals surface area contributed by atoms with Gasteiger partial charge in [0.1, 0.15) is 5.25 Å². The van der Waals surface area contributed by atoms with Gasteiger partial charge in [-0.15, -0.1) is 0 Å². The highest BCUT2D eigenvalue weighted by molar-refractivity contribution is 8.15. The second-order valence-corrected chi connectivity index (χ2v) is 9.48. The quantitative estimate of drug-likeness (QED) is 0.403. The lowest BCUT2D eigenvalue weighted by atomic mass is 10.2. The van der Waals surface area contributed by atoms with E-state index in [4.69, 9.17) is 9.84 Å². The number of carboxylic acid groups (broad SMARTS) is 1. The topological polar surface area (TPSA) is 125 Å². The van der Waals surface area contributed by atoms with E-state index in [0.717, 1.165) is 5.56 Å². The normalized spacial score (nSPS) is 16.2. The van der Waals surface area contributed by atoms with Gasteiger partial charge in [-0.2, -0.15) is 0 Å². The maximum absolute atomic E-state index is 13.2. The molecule has 3 aromatic rings. The number of amides is 2. The Bertz CT molecular complexity index is 1360. The third-order valence-corrected chi connectivity index (χ3v) is 6.81. The summed E-state index contributed by atoms with van der Waals surface area (Å²) in [6.45, 7) is 2.29. The number of carboxylic acids is 1. The van der Waals surface area contributed by atoms with Crippen molar-refractivity contribution in [3.63, 3.8) is 0 Å². The number of amidine groups is 1. The van der Waals surface area contributed by atoms with Crippen molar-refractivity contribution < 1.29 is 29.0 Å². The van der Waals surface area contributed by atoms with E-state index in [2.05, 4.69) is 10.3 Å². The average molecular weight is 532 g/mol. The SMILES string of the molecule is CCOC(=O)c1ccc(N=C2SC(C(=O)Nc3ccc(C(=O)O)cc3)CC(=O)N2Cc2ccccc2)cc1. The van der Waals surface area contributed by atoms with Gasteiger partial charge in [-0.25, -0.2) is 14.6 Å². The maximum atomic E-state index is 13.2. The van der Waals surface area contributed by atoms with Crippen molar-refractivity contribution in [2.75, 3.05) is 11.9 Å². The number of carbonyl (C=O) groups is 4. The molecule has 0 aromatic heterocycles. The van der Waals surface area contributed by atoms with E-state index >= 15 is 0 Å². The smallest absolute Gasteiger partial charge is 0.338 e. The number of rotatable bonds is 8. The minimum atomic E-state index is -1.06. The molecular weight excluding hydrogens is 506 g/mol. The number of ether oxygens (including phenoxy) is 1. The van der Waals surface area contributed by atoms with Gasteiger partial charge < -0.3 is 15.2 Å². The number of anilines is 1.